The van der Waals surface area contributed by atoms with Gasteiger partial charge in [-0.15, -0.1) is 0 Å². The third-order valence-corrected chi connectivity index (χ3v) is 4.47. The highest BCUT2D eigenvalue weighted by Crippen LogP contribution is 2.40. The molecule has 0 aliphatic heterocycles. The van der Waals surface area contributed by atoms with Gasteiger partial charge in [-0.05, 0) is 38.6 Å². The smallest absolute Gasteiger partial charge is 0.131 e. The lowest BCUT2D eigenvalue weighted by Gasteiger charge is -2.24. The van der Waals surface area contributed by atoms with Gasteiger partial charge in [0.2, 0.25) is 0 Å². The van der Waals surface area contributed by atoms with Gasteiger partial charge in [0.15, 0.2) is 0 Å². The van der Waals surface area contributed by atoms with E-state index in [4.69, 9.17) is 10.7 Å². The predicted molar refractivity (Wildman–Crippen MR) is 82.0 cm³/mol. The Morgan fingerprint density at radius 1 is 1.10 bits per heavy atom. The molecule has 110 valence electrons. The number of rotatable bonds is 6. The molecule has 4 heteroatoms. The lowest BCUT2D eigenvalue weighted by molar-refractivity contribution is 0.436. The molecule has 0 bridgehead atoms. The van der Waals surface area contributed by atoms with Crippen molar-refractivity contribution in [1.29, 1.82) is 0 Å². The van der Waals surface area contributed by atoms with Gasteiger partial charge < -0.3 is 11.1 Å². The summed E-state index contributed by atoms with van der Waals surface area (Å²) in [6.07, 6.45) is 12.2. The van der Waals surface area contributed by atoms with E-state index < -0.39 is 0 Å². The number of nitrogens with zero attached hydrogens (tertiary/aromatic N) is 2. The maximum absolute atomic E-state index is 5.57. The standard InChI is InChI=1S/C16H26N4/c17-9-4-10-18-14-11-19-16(13-7-8-13)20-15(14)12-5-2-1-3-6-12/h11-13,18H,1-10,17H2. The molecule has 0 radical (unpaired) electrons. The van der Waals surface area contributed by atoms with Crippen molar-refractivity contribution in [3.05, 3.63) is 17.7 Å². The minimum atomic E-state index is 0.629. The van der Waals surface area contributed by atoms with Gasteiger partial charge in [-0.25, -0.2) is 9.97 Å². The van der Waals surface area contributed by atoms with Crippen LogP contribution in [-0.4, -0.2) is 23.1 Å². The molecule has 3 rings (SSSR count). The van der Waals surface area contributed by atoms with Crippen molar-refractivity contribution in [1.82, 2.24) is 9.97 Å². The summed E-state index contributed by atoms with van der Waals surface area (Å²) in [6, 6.07) is 0. The lowest BCUT2D eigenvalue weighted by atomic mass is 9.86. The van der Waals surface area contributed by atoms with Crippen molar-refractivity contribution in [2.45, 2.75) is 63.2 Å². The Balaban J connectivity index is 1.79. The fourth-order valence-electron chi connectivity index (χ4n) is 3.10. The van der Waals surface area contributed by atoms with Gasteiger partial charge in [-0.2, -0.15) is 0 Å². The summed E-state index contributed by atoms with van der Waals surface area (Å²) in [5.74, 6) is 2.34. The van der Waals surface area contributed by atoms with Crippen LogP contribution in [0.5, 0.6) is 0 Å². The highest BCUT2D eigenvalue weighted by Gasteiger charge is 2.29. The summed E-state index contributed by atoms with van der Waals surface area (Å²) in [5, 5.41) is 3.49. The van der Waals surface area contributed by atoms with Crippen LogP contribution in [0.2, 0.25) is 0 Å². The van der Waals surface area contributed by atoms with E-state index in [2.05, 4.69) is 10.3 Å². The number of nitrogens with one attached hydrogen (secondary N) is 1. The second-order valence-corrected chi connectivity index (χ2v) is 6.21. The van der Waals surface area contributed by atoms with Crippen LogP contribution in [0, 0.1) is 0 Å². The van der Waals surface area contributed by atoms with E-state index in [1.54, 1.807) is 0 Å². The van der Waals surface area contributed by atoms with Crippen LogP contribution >= 0.6 is 0 Å². The minimum absolute atomic E-state index is 0.629. The molecule has 2 fully saturated rings. The summed E-state index contributed by atoms with van der Waals surface area (Å²) >= 11 is 0. The Hall–Kier alpha value is -1.16. The van der Waals surface area contributed by atoms with E-state index in [9.17, 15) is 0 Å². The van der Waals surface area contributed by atoms with Gasteiger partial charge in [-0.1, -0.05) is 19.3 Å². The van der Waals surface area contributed by atoms with E-state index in [0.29, 0.717) is 11.8 Å². The largest absolute Gasteiger partial charge is 0.382 e. The minimum Gasteiger partial charge on any atom is -0.382 e. The Morgan fingerprint density at radius 2 is 1.90 bits per heavy atom. The molecule has 0 saturated heterocycles. The van der Waals surface area contributed by atoms with Crippen LogP contribution in [-0.2, 0) is 0 Å². The molecule has 0 amide bonds. The number of hydrogen-bond acceptors (Lipinski definition) is 4. The summed E-state index contributed by atoms with van der Waals surface area (Å²) in [5.41, 5.74) is 8.00. The van der Waals surface area contributed by atoms with Gasteiger partial charge >= 0.3 is 0 Å². The van der Waals surface area contributed by atoms with E-state index in [0.717, 1.165) is 31.0 Å². The average molecular weight is 274 g/mol. The molecule has 2 saturated carbocycles. The second-order valence-electron chi connectivity index (χ2n) is 6.21. The SMILES string of the molecule is NCCCNc1cnc(C2CC2)nc1C1CCCCC1. The van der Waals surface area contributed by atoms with Crippen LogP contribution in [0.4, 0.5) is 5.69 Å². The van der Waals surface area contributed by atoms with Crippen molar-refractivity contribution in [3.63, 3.8) is 0 Å². The summed E-state index contributed by atoms with van der Waals surface area (Å²) in [6.45, 7) is 1.65. The zero-order chi connectivity index (χ0) is 13.8. The fraction of sp³-hybridized carbons (Fsp3) is 0.750. The first-order chi connectivity index (χ1) is 9.88. The Morgan fingerprint density at radius 3 is 2.60 bits per heavy atom. The first-order valence-corrected chi connectivity index (χ1v) is 8.19. The summed E-state index contributed by atoms with van der Waals surface area (Å²) in [7, 11) is 0. The van der Waals surface area contributed by atoms with Gasteiger partial charge in [0, 0.05) is 18.4 Å². The predicted octanol–water partition coefficient (Wildman–Crippen LogP) is 3.16. The molecule has 2 aliphatic rings. The van der Waals surface area contributed by atoms with Crippen LogP contribution in [0.1, 0.15) is 74.7 Å². The Labute approximate surface area is 121 Å². The zero-order valence-corrected chi connectivity index (χ0v) is 12.3. The molecular formula is C16H26N4. The monoisotopic (exact) mass is 274 g/mol. The van der Waals surface area contributed by atoms with Gasteiger partial charge in [0.1, 0.15) is 5.82 Å². The molecule has 1 heterocycles. The first kappa shape index (κ1) is 13.8. The van der Waals surface area contributed by atoms with Gasteiger partial charge in [0.25, 0.3) is 0 Å². The number of hydrogen-bond donors (Lipinski definition) is 2. The number of nitrogens with two attached hydrogens (primary N) is 1. The molecular weight excluding hydrogens is 248 g/mol. The highest BCUT2D eigenvalue weighted by molar-refractivity contribution is 5.48. The normalized spacial score (nSPS) is 20.1. The number of anilines is 1. The molecule has 1 aromatic heterocycles. The summed E-state index contributed by atoms with van der Waals surface area (Å²) in [4.78, 5) is 9.50. The van der Waals surface area contributed by atoms with Crippen molar-refractivity contribution >= 4 is 5.69 Å². The topological polar surface area (TPSA) is 63.8 Å². The van der Waals surface area contributed by atoms with Crippen LogP contribution in [0.15, 0.2) is 6.20 Å². The molecule has 3 N–H and O–H groups in total. The third-order valence-electron chi connectivity index (χ3n) is 4.47. The number of aromatic nitrogens is 2. The second kappa shape index (κ2) is 6.53. The fourth-order valence-corrected chi connectivity index (χ4v) is 3.10. The maximum atomic E-state index is 5.57. The molecule has 0 atom stereocenters. The van der Waals surface area contributed by atoms with Crippen molar-refractivity contribution in [3.8, 4) is 0 Å². The molecule has 0 spiro atoms. The van der Waals surface area contributed by atoms with E-state index in [1.807, 2.05) is 6.20 Å². The molecule has 1 aromatic rings. The third kappa shape index (κ3) is 3.29. The quantitative estimate of drug-likeness (QED) is 0.782. The van der Waals surface area contributed by atoms with E-state index in [1.165, 1.54) is 50.6 Å². The van der Waals surface area contributed by atoms with Crippen molar-refractivity contribution in [2.24, 2.45) is 5.73 Å². The molecule has 4 nitrogen and oxygen atoms in total. The van der Waals surface area contributed by atoms with Crippen LogP contribution in [0.25, 0.3) is 0 Å². The molecule has 0 unspecified atom stereocenters. The van der Waals surface area contributed by atoms with Crippen molar-refractivity contribution in [2.75, 3.05) is 18.4 Å². The molecule has 20 heavy (non-hydrogen) atoms. The van der Waals surface area contributed by atoms with E-state index >= 15 is 0 Å². The summed E-state index contributed by atoms with van der Waals surface area (Å²) < 4.78 is 0. The van der Waals surface area contributed by atoms with Gasteiger partial charge in [-0.3, -0.25) is 0 Å². The lowest BCUT2D eigenvalue weighted by Crippen LogP contribution is -2.15. The van der Waals surface area contributed by atoms with Crippen LogP contribution in [0.3, 0.4) is 0 Å². The van der Waals surface area contributed by atoms with Gasteiger partial charge in [0.05, 0.1) is 17.6 Å². The molecule has 0 aromatic carbocycles. The maximum Gasteiger partial charge on any atom is 0.131 e. The zero-order valence-electron chi connectivity index (χ0n) is 12.3. The first-order valence-electron chi connectivity index (χ1n) is 8.19. The Kier molecular flexibility index (Phi) is 4.51. The van der Waals surface area contributed by atoms with Crippen LogP contribution < -0.4 is 11.1 Å². The van der Waals surface area contributed by atoms with Crippen molar-refractivity contribution < 1.29 is 0 Å². The average Bonchev–Trinajstić information content (AvgIpc) is 3.33. The highest BCUT2D eigenvalue weighted by atomic mass is 15.0. The van der Waals surface area contributed by atoms with E-state index in [-0.39, 0.29) is 0 Å². The Bertz CT molecular complexity index is 436. The molecule has 2 aliphatic carbocycles.